The van der Waals surface area contributed by atoms with Gasteiger partial charge in [-0.1, -0.05) is 45.9 Å². The largest absolute Gasteiger partial charge is 0.361 e. The number of nitrogens with one attached hydrogen (secondary N) is 1. The van der Waals surface area contributed by atoms with Crippen molar-refractivity contribution in [3.8, 4) is 0 Å². The lowest BCUT2D eigenvalue weighted by Gasteiger charge is -2.33. The molecule has 2 heterocycles. The van der Waals surface area contributed by atoms with Crippen LogP contribution in [0.2, 0.25) is 0 Å². The zero-order valence-electron chi connectivity index (χ0n) is 15.8. The van der Waals surface area contributed by atoms with Gasteiger partial charge in [-0.25, -0.2) is 0 Å². The lowest BCUT2D eigenvalue weighted by molar-refractivity contribution is -0.0692. The zero-order chi connectivity index (χ0) is 17.3. The van der Waals surface area contributed by atoms with E-state index >= 15 is 0 Å². The third-order valence-electron chi connectivity index (χ3n) is 5.88. The third kappa shape index (κ3) is 3.00. The molecular weight excluding hydrogens is 296 g/mol. The van der Waals surface area contributed by atoms with Crippen molar-refractivity contribution < 1.29 is 4.74 Å². The van der Waals surface area contributed by atoms with Crippen LogP contribution in [-0.4, -0.2) is 34.8 Å². The van der Waals surface area contributed by atoms with Crippen LogP contribution >= 0.6 is 0 Å². The van der Waals surface area contributed by atoms with Crippen LogP contribution in [-0.2, 0) is 11.2 Å². The topological polar surface area (TPSA) is 28.3 Å². The summed E-state index contributed by atoms with van der Waals surface area (Å²) in [5.41, 5.74) is 2.60. The molecule has 0 aliphatic carbocycles. The Morgan fingerprint density at radius 2 is 1.92 bits per heavy atom. The Morgan fingerprint density at radius 1 is 1.21 bits per heavy atom. The van der Waals surface area contributed by atoms with Crippen LogP contribution < -0.4 is 0 Å². The standard InChI is InChI=1S/C21H32N2O/c1-6-21(7-2)19(23(5)20(24-21)12-15(3)4)13-16-14-22-18-11-9-8-10-17(16)18/h8-11,14-15,19-20,22H,6-7,12-13H2,1-5H3/t19-,20-/m0/s1. The van der Waals surface area contributed by atoms with Crippen LogP contribution in [0.15, 0.2) is 30.5 Å². The maximum Gasteiger partial charge on any atom is 0.111 e. The van der Waals surface area contributed by atoms with Gasteiger partial charge in [-0.2, -0.15) is 0 Å². The highest BCUT2D eigenvalue weighted by Crippen LogP contribution is 2.41. The number of rotatable bonds is 6. The van der Waals surface area contributed by atoms with Gasteiger partial charge in [0.15, 0.2) is 0 Å². The van der Waals surface area contributed by atoms with E-state index in [1.54, 1.807) is 0 Å². The van der Waals surface area contributed by atoms with Gasteiger partial charge in [-0.05, 0) is 50.3 Å². The van der Waals surface area contributed by atoms with E-state index in [4.69, 9.17) is 4.74 Å². The summed E-state index contributed by atoms with van der Waals surface area (Å²) in [7, 11) is 2.25. The van der Waals surface area contributed by atoms with Crippen LogP contribution in [0, 0.1) is 5.92 Å². The summed E-state index contributed by atoms with van der Waals surface area (Å²) >= 11 is 0. The van der Waals surface area contributed by atoms with Crippen molar-refractivity contribution in [3.63, 3.8) is 0 Å². The van der Waals surface area contributed by atoms with Gasteiger partial charge in [0.05, 0.1) is 5.60 Å². The number of nitrogens with zero attached hydrogens (tertiary/aromatic N) is 1. The molecule has 3 heteroatoms. The predicted octanol–water partition coefficient (Wildman–Crippen LogP) is 4.97. The molecule has 24 heavy (non-hydrogen) atoms. The Morgan fingerprint density at radius 3 is 2.58 bits per heavy atom. The van der Waals surface area contributed by atoms with Crippen LogP contribution in [0.4, 0.5) is 0 Å². The van der Waals surface area contributed by atoms with E-state index in [1.165, 1.54) is 16.5 Å². The average Bonchev–Trinajstić information content (AvgIpc) is 3.09. The second-order valence-electron chi connectivity index (χ2n) is 7.72. The Balaban J connectivity index is 1.91. The molecule has 1 N–H and O–H groups in total. The number of hydrogen-bond donors (Lipinski definition) is 1. The Kier molecular flexibility index (Phi) is 5.03. The van der Waals surface area contributed by atoms with Gasteiger partial charge in [-0.15, -0.1) is 0 Å². The number of H-pyrrole nitrogens is 1. The summed E-state index contributed by atoms with van der Waals surface area (Å²) in [5, 5.41) is 1.35. The number of aromatic amines is 1. The molecule has 1 saturated heterocycles. The highest BCUT2D eigenvalue weighted by molar-refractivity contribution is 5.83. The molecule has 0 bridgehead atoms. The first-order valence-corrected chi connectivity index (χ1v) is 9.45. The molecule has 3 nitrogen and oxygen atoms in total. The van der Waals surface area contributed by atoms with Gasteiger partial charge >= 0.3 is 0 Å². The number of fused-ring (bicyclic) bond motifs is 1. The normalized spacial score (nSPS) is 24.2. The van der Waals surface area contributed by atoms with Crippen LogP contribution in [0.25, 0.3) is 10.9 Å². The van der Waals surface area contributed by atoms with E-state index in [9.17, 15) is 0 Å². The average molecular weight is 329 g/mol. The minimum absolute atomic E-state index is 0.0350. The summed E-state index contributed by atoms with van der Waals surface area (Å²) in [5.74, 6) is 0.649. The summed E-state index contributed by atoms with van der Waals surface area (Å²) < 4.78 is 6.66. The molecule has 1 aromatic carbocycles. The molecule has 0 radical (unpaired) electrons. The number of para-hydroxylation sites is 1. The van der Waals surface area contributed by atoms with Crippen molar-refractivity contribution in [2.75, 3.05) is 7.05 Å². The molecule has 0 amide bonds. The second kappa shape index (κ2) is 6.89. The van der Waals surface area contributed by atoms with Crippen molar-refractivity contribution in [2.45, 2.75) is 71.2 Å². The first-order chi connectivity index (χ1) is 11.5. The lowest BCUT2D eigenvalue weighted by atomic mass is 9.84. The van der Waals surface area contributed by atoms with E-state index in [1.807, 2.05) is 0 Å². The fourth-order valence-electron chi connectivity index (χ4n) is 4.35. The van der Waals surface area contributed by atoms with E-state index in [0.29, 0.717) is 12.0 Å². The highest BCUT2D eigenvalue weighted by atomic mass is 16.5. The SMILES string of the molecule is CCC1(CC)O[C@@H](CC(C)C)N(C)[C@H]1Cc1c[nH]c2ccccc12. The molecule has 1 aliphatic heterocycles. The van der Waals surface area contributed by atoms with Gasteiger partial charge in [0.2, 0.25) is 0 Å². The summed E-state index contributed by atoms with van der Waals surface area (Å²) in [4.78, 5) is 5.92. The van der Waals surface area contributed by atoms with E-state index in [2.05, 4.69) is 75.1 Å². The number of benzene rings is 1. The zero-order valence-corrected chi connectivity index (χ0v) is 15.8. The number of ether oxygens (including phenoxy) is 1. The van der Waals surface area contributed by atoms with Gasteiger partial charge in [0.25, 0.3) is 0 Å². The van der Waals surface area contributed by atoms with Crippen molar-refractivity contribution in [1.82, 2.24) is 9.88 Å². The molecule has 3 rings (SSSR count). The fraction of sp³-hybridized carbons (Fsp3) is 0.619. The minimum Gasteiger partial charge on any atom is -0.361 e. The fourth-order valence-corrected chi connectivity index (χ4v) is 4.35. The van der Waals surface area contributed by atoms with Gasteiger partial charge in [-0.3, -0.25) is 4.90 Å². The Hall–Kier alpha value is -1.32. The molecular formula is C21H32N2O. The highest BCUT2D eigenvalue weighted by Gasteiger charge is 2.49. The first-order valence-electron chi connectivity index (χ1n) is 9.45. The maximum atomic E-state index is 6.66. The minimum atomic E-state index is -0.0350. The van der Waals surface area contributed by atoms with Crippen molar-refractivity contribution >= 4 is 10.9 Å². The third-order valence-corrected chi connectivity index (χ3v) is 5.88. The molecule has 0 unspecified atom stereocenters. The monoisotopic (exact) mass is 328 g/mol. The number of hydrogen-bond acceptors (Lipinski definition) is 2. The smallest absolute Gasteiger partial charge is 0.111 e. The van der Waals surface area contributed by atoms with E-state index in [0.717, 1.165) is 25.7 Å². The summed E-state index contributed by atoms with van der Waals surface area (Å²) in [6, 6.07) is 9.03. The maximum absolute atomic E-state index is 6.66. The van der Waals surface area contributed by atoms with E-state index in [-0.39, 0.29) is 11.8 Å². The molecule has 2 aromatic rings. The number of likely N-dealkylation sites (N-methyl/N-ethyl adjacent to an activating group) is 1. The van der Waals surface area contributed by atoms with Crippen LogP contribution in [0.1, 0.15) is 52.5 Å². The van der Waals surface area contributed by atoms with Gasteiger partial charge in [0.1, 0.15) is 6.23 Å². The number of aromatic nitrogens is 1. The van der Waals surface area contributed by atoms with Gasteiger partial charge < -0.3 is 9.72 Å². The lowest BCUT2D eigenvalue weighted by Crippen LogP contribution is -2.45. The van der Waals surface area contributed by atoms with Gasteiger partial charge in [0, 0.05) is 23.1 Å². The first kappa shape index (κ1) is 17.5. The second-order valence-corrected chi connectivity index (χ2v) is 7.72. The molecule has 1 aromatic heterocycles. The summed E-state index contributed by atoms with van der Waals surface area (Å²) in [6.07, 6.45) is 6.69. The molecule has 1 fully saturated rings. The quantitative estimate of drug-likeness (QED) is 0.810. The summed E-state index contributed by atoms with van der Waals surface area (Å²) in [6.45, 7) is 9.11. The van der Waals surface area contributed by atoms with Crippen molar-refractivity contribution in [3.05, 3.63) is 36.0 Å². The van der Waals surface area contributed by atoms with Crippen molar-refractivity contribution in [2.24, 2.45) is 5.92 Å². The molecule has 0 spiro atoms. The van der Waals surface area contributed by atoms with E-state index < -0.39 is 0 Å². The molecule has 0 saturated carbocycles. The van der Waals surface area contributed by atoms with Crippen LogP contribution in [0.3, 0.4) is 0 Å². The van der Waals surface area contributed by atoms with Crippen LogP contribution in [0.5, 0.6) is 0 Å². The Bertz CT molecular complexity index is 671. The predicted molar refractivity (Wildman–Crippen MR) is 101 cm³/mol. The Labute approximate surface area is 146 Å². The molecule has 2 atom stereocenters. The van der Waals surface area contributed by atoms with Crippen molar-refractivity contribution in [1.29, 1.82) is 0 Å². The molecule has 1 aliphatic rings. The molecule has 132 valence electrons.